The van der Waals surface area contributed by atoms with Crippen LogP contribution in [-0.2, 0) is 0 Å². The molecule has 2 aromatic heterocycles. The number of anilines is 2. The molecule has 0 fully saturated rings. The van der Waals surface area contributed by atoms with Gasteiger partial charge >= 0.3 is 6.18 Å². The highest BCUT2D eigenvalue weighted by Crippen LogP contribution is 2.44. The van der Waals surface area contributed by atoms with Crippen molar-refractivity contribution in [2.24, 2.45) is 0 Å². The van der Waals surface area contributed by atoms with Gasteiger partial charge in [0.1, 0.15) is 23.0 Å². The van der Waals surface area contributed by atoms with Gasteiger partial charge < -0.3 is 15.1 Å². The number of nitrogens with one attached hydrogen (secondary N) is 2. The Morgan fingerprint density at radius 2 is 2.14 bits per heavy atom. The van der Waals surface area contributed by atoms with Gasteiger partial charge in [-0.05, 0) is 30.3 Å². The number of carbonyl (C=O) groups is 1. The number of carbonyl (C=O) groups excluding carboxylic acids is 1. The lowest BCUT2D eigenvalue weighted by Gasteiger charge is -2.32. The zero-order valence-corrected chi connectivity index (χ0v) is 15.3. The van der Waals surface area contributed by atoms with Crippen LogP contribution in [0.25, 0.3) is 0 Å². The highest BCUT2D eigenvalue weighted by Gasteiger charge is 2.47. The molecule has 3 heterocycles. The van der Waals surface area contributed by atoms with E-state index >= 15 is 0 Å². The topological polar surface area (TPSA) is 72.1 Å². The largest absolute Gasteiger partial charge is 0.467 e. The number of benzene rings is 1. The Kier molecular flexibility index (Phi) is 4.73. The minimum atomic E-state index is -4.58. The molecule has 2 atom stereocenters. The monoisotopic (exact) mass is 428 g/mol. The summed E-state index contributed by atoms with van der Waals surface area (Å²) in [5.41, 5.74) is 0.0862. The predicted octanol–water partition coefficient (Wildman–Crippen LogP) is 5.18. The van der Waals surface area contributed by atoms with Gasteiger partial charge in [-0.25, -0.2) is 9.07 Å². The molecule has 6 nitrogen and oxygen atoms in total. The molecule has 3 aromatic rings. The van der Waals surface area contributed by atoms with Crippen molar-refractivity contribution in [3.63, 3.8) is 0 Å². The first-order valence-corrected chi connectivity index (χ1v) is 8.82. The van der Waals surface area contributed by atoms with Gasteiger partial charge in [0.15, 0.2) is 6.04 Å². The molecule has 0 aliphatic carbocycles. The van der Waals surface area contributed by atoms with Crippen LogP contribution in [0.4, 0.5) is 29.1 Å². The number of aromatic nitrogens is 2. The van der Waals surface area contributed by atoms with Crippen molar-refractivity contribution in [1.29, 1.82) is 0 Å². The zero-order valence-electron chi connectivity index (χ0n) is 14.5. The summed E-state index contributed by atoms with van der Waals surface area (Å²) in [4.78, 5) is 12.6. The fourth-order valence-corrected chi connectivity index (χ4v) is 3.36. The fraction of sp³-hybridized carbons (Fsp3) is 0.222. The second-order valence-electron chi connectivity index (χ2n) is 6.44. The minimum Gasteiger partial charge on any atom is -0.467 e. The molecule has 11 heteroatoms. The standard InChI is InChI=1S/C18H13ClF4N4O2/c19-11-6-9(3-4-12(11)20)25-17(28)10-8-24-27-15(18(21,22)23)7-13(26-16(10)27)14-2-1-5-29-14/h1-6,8,13,15,26H,7H2,(H,25,28)/t13-,15-/m0/s1. The van der Waals surface area contributed by atoms with Crippen LogP contribution in [0.5, 0.6) is 0 Å². The summed E-state index contributed by atoms with van der Waals surface area (Å²) in [5.74, 6) is -1.17. The van der Waals surface area contributed by atoms with Gasteiger partial charge in [0.05, 0.1) is 23.5 Å². The second-order valence-corrected chi connectivity index (χ2v) is 6.85. The van der Waals surface area contributed by atoms with Gasteiger partial charge in [-0.15, -0.1) is 0 Å². The van der Waals surface area contributed by atoms with E-state index in [1.54, 1.807) is 12.1 Å². The number of halogens is 5. The van der Waals surface area contributed by atoms with Crippen LogP contribution in [0, 0.1) is 5.82 Å². The van der Waals surface area contributed by atoms with Crippen molar-refractivity contribution in [3.05, 3.63) is 65.0 Å². The molecule has 1 aromatic carbocycles. The highest BCUT2D eigenvalue weighted by molar-refractivity contribution is 6.31. The molecule has 0 saturated carbocycles. The van der Waals surface area contributed by atoms with Gasteiger partial charge in [0, 0.05) is 12.1 Å². The summed E-state index contributed by atoms with van der Waals surface area (Å²) in [7, 11) is 0. The summed E-state index contributed by atoms with van der Waals surface area (Å²) in [6, 6.07) is 3.93. The highest BCUT2D eigenvalue weighted by atomic mass is 35.5. The van der Waals surface area contributed by atoms with E-state index in [2.05, 4.69) is 15.7 Å². The first-order valence-electron chi connectivity index (χ1n) is 8.44. The van der Waals surface area contributed by atoms with E-state index in [-0.39, 0.29) is 28.5 Å². The molecule has 1 aliphatic rings. The Bertz CT molecular complexity index is 1050. The fourth-order valence-electron chi connectivity index (χ4n) is 3.18. The first kappa shape index (κ1) is 19.3. The lowest BCUT2D eigenvalue weighted by atomic mass is 10.0. The third kappa shape index (κ3) is 3.67. The molecule has 0 spiro atoms. The van der Waals surface area contributed by atoms with Gasteiger partial charge in [-0.3, -0.25) is 4.79 Å². The van der Waals surface area contributed by atoms with Crippen LogP contribution in [0.15, 0.2) is 47.2 Å². The van der Waals surface area contributed by atoms with Gasteiger partial charge in [0.25, 0.3) is 5.91 Å². The minimum absolute atomic E-state index is 0.0920. The summed E-state index contributed by atoms with van der Waals surface area (Å²) in [6.07, 6.45) is -2.52. The average Bonchev–Trinajstić information content (AvgIpc) is 3.32. The number of rotatable bonds is 3. The van der Waals surface area contributed by atoms with Crippen molar-refractivity contribution in [3.8, 4) is 0 Å². The molecular formula is C18H13ClF4N4O2. The number of fused-ring (bicyclic) bond motifs is 1. The van der Waals surface area contributed by atoms with Crippen LogP contribution in [-0.4, -0.2) is 21.9 Å². The van der Waals surface area contributed by atoms with E-state index in [9.17, 15) is 22.4 Å². The van der Waals surface area contributed by atoms with E-state index in [1.807, 2.05) is 0 Å². The van der Waals surface area contributed by atoms with Crippen molar-refractivity contribution in [2.75, 3.05) is 10.6 Å². The average molecular weight is 429 g/mol. The zero-order chi connectivity index (χ0) is 20.8. The maximum atomic E-state index is 13.6. The van der Waals surface area contributed by atoms with E-state index in [4.69, 9.17) is 16.0 Å². The first-order chi connectivity index (χ1) is 13.7. The summed E-state index contributed by atoms with van der Waals surface area (Å²) in [6.45, 7) is 0. The molecule has 29 heavy (non-hydrogen) atoms. The number of nitrogens with zero attached hydrogens (tertiary/aromatic N) is 2. The van der Waals surface area contributed by atoms with Crippen molar-refractivity contribution in [2.45, 2.75) is 24.7 Å². The van der Waals surface area contributed by atoms with E-state index in [1.165, 1.54) is 18.4 Å². The molecule has 2 N–H and O–H groups in total. The third-order valence-corrected chi connectivity index (χ3v) is 4.84. The maximum absolute atomic E-state index is 13.6. The van der Waals surface area contributed by atoms with Crippen molar-refractivity contribution in [1.82, 2.24) is 9.78 Å². The number of hydrogen-bond acceptors (Lipinski definition) is 4. The van der Waals surface area contributed by atoms with Crippen LogP contribution < -0.4 is 10.6 Å². The molecule has 0 saturated heterocycles. The smallest absolute Gasteiger partial charge is 0.410 e. The van der Waals surface area contributed by atoms with Crippen LogP contribution in [0.2, 0.25) is 5.02 Å². The molecule has 1 aliphatic heterocycles. The number of alkyl halides is 3. The number of amides is 1. The van der Waals surface area contributed by atoms with Crippen molar-refractivity contribution < 1.29 is 26.8 Å². The van der Waals surface area contributed by atoms with E-state index in [0.717, 1.165) is 16.9 Å². The molecule has 4 rings (SSSR count). The Balaban J connectivity index is 1.67. The Morgan fingerprint density at radius 3 is 2.79 bits per heavy atom. The normalized spacial score (nSPS) is 18.8. The van der Waals surface area contributed by atoms with Crippen LogP contribution >= 0.6 is 11.6 Å². The Morgan fingerprint density at radius 1 is 1.34 bits per heavy atom. The Hall–Kier alpha value is -3.01. The number of furan rings is 1. The summed E-state index contributed by atoms with van der Waals surface area (Å²) in [5, 5.41) is 8.95. The summed E-state index contributed by atoms with van der Waals surface area (Å²) < 4.78 is 60.1. The maximum Gasteiger partial charge on any atom is 0.410 e. The predicted molar refractivity (Wildman–Crippen MR) is 96.4 cm³/mol. The van der Waals surface area contributed by atoms with Crippen LogP contribution in [0.1, 0.15) is 34.6 Å². The quantitative estimate of drug-likeness (QED) is 0.564. The molecular weight excluding hydrogens is 416 g/mol. The second kappa shape index (κ2) is 7.11. The third-order valence-electron chi connectivity index (χ3n) is 4.55. The SMILES string of the molecule is O=C(Nc1ccc(F)c(Cl)c1)c1cnn2c1N[C@H](c1ccco1)C[C@H]2C(F)(F)F. The lowest BCUT2D eigenvalue weighted by Crippen LogP contribution is -2.36. The molecule has 152 valence electrons. The number of hydrogen-bond donors (Lipinski definition) is 2. The Labute approximate surface area is 166 Å². The van der Waals surface area contributed by atoms with Crippen LogP contribution in [0.3, 0.4) is 0 Å². The molecule has 1 amide bonds. The van der Waals surface area contributed by atoms with Gasteiger partial charge in [-0.2, -0.15) is 18.3 Å². The van der Waals surface area contributed by atoms with Gasteiger partial charge in [-0.1, -0.05) is 11.6 Å². The molecule has 0 unspecified atom stereocenters. The summed E-state index contributed by atoms with van der Waals surface area (Å²) >= 11 is 5.69. The lowest BCUT2D eigenvalue weighted by molar-refractivity contribution is -0.174. The van der Waals surface area contributed by atoms with Crippen molar-refractivity contribution >= 4 is 29.0 Å². The molecule has 0 radical (unpaired) electrons. The van der Waals surface area contributed by atoms with E-state index in [0.29, 0.717) is 5.76 Å². The van der Waals surface area contributed by atoms with Gasteiger partial charge in [0.2, 0.25) is 0 Å². The van der Waals surface area contributed by atoms with E-state index < -0.39 is 30.0 Å². The molecule has 0 bridgehead atoms.